The molecular formula is C16H22N4O2. The average molecular weight is 302 g/mol. The minimum absolute atomic E-state index is 0.0844. The quantitative estimate of drug-likeness (QED) is 0.880. The normalized spacial score (nSPS) is 21.7. The predicted molar refractivity (Wildman–Crippen MR) is 82.1 cm³/mol. The third-order valence-electron chi connectivity index (χ3n) is 3.92. The van der Waals surface area contributed by atoms with Crippen molar-refractivity contribution in [2.45, 2.75) is 6.42 Å². The Hall–Kier alpha value is -1.97. The molecule has 1 aromatic heterocycles. The number of nitriles is 1. The van der Waals surface area contributed by atoms with Crippen molar-refractivity contribution in [1.82, 2.24) is 14.8 Å². The molecule has 1 aliphatic rings. The average Bonchev–Trinajstić information content (AvgIpc) is 2.53. The van der Waals surface area contributed by atoms with E-state index in [1.807, 2.05) is 20.2 Å². The first kappa shape index (κ1) is 16.4. The molecule has 1 aromatic rings. The van der Waals surface area contributed by atoms with E-state index in [1.165, 1.54) is 6.20 Å². The summed E-state index contributed by atoms with van der Waals surface area (Å²) in [6.07, 6.45) is 2.38. The van der Waals surface area contributed by atoms with Crippen LogP contribution in [0, 0.1) is 23.2 Å². The van der Waals surface area contributed by atoms with Crippen molar-refractivity contribution >= 4 is 5.91 Å². The molecule has 0 aromatic carbocycles. The number of aliphatic hydroxyl groups is 1. The Morgan fingerprint density at radius 1 is 1.45 bits per heavy atom. The number of pyridine rings is 1. The molecule has 0 bridgehead atoms. The highest BCUT2D eigenvalue weighted by Crippen LogP contribution is 2.23. The van der Waals surface area contributed by atoms with E-state index >= 15 is 0 Å². The summed E-state index contributed by atoms with van der Waals surface area (Å²) in [5, 5.41) is 18.2. The van der Waals surface area contributed by atoms with Gasteiger partial charge in [0.25, 0.3) is 5.91 Å². The van der Waals surface area contributed by atoms with Crippen LogP contribution in [0.2, 0.25) is 0 Å². The summed E-state index contributed by atoms with van der Waals surface area (Å²) in [6, 6.07) is 5.13. The van der Waals surface area contributed by atoms with Crippen LogP contribution in [-0.4, -0.2) is 66.1 Å². The van der Waals surface area contributed by atoms with Crippen molar-refractivity contribution in [3.8, 4) is 6.07 Å². The van der Waals surface area contributed by atoms with E-state index in [0.717, 1.165) is 13.0 Å². The maximum absolute atomic E-state index is 12.6. The molecule has 2 rings (SSSR count). The van der Waals surface area contributed by atoms with Gasteiger partial charge in [-0.1, -0.05) is 0 Å². The molecule has 118 valence electrons. The molecule has 22 heavy (non-hydrogen) atoms. The number of aliphatic hydroxyl groups excluding tert-OH is 1. The zero-order valence-corrected chi connectivity index (χ0v) is 13.1. The van der Waals surface area contributed by atoms with Crippen molar-refractivity contribution in [1.29, 1.82) is 5.26 Å². The Balaban J connectivity index is 2.10. The summed E-state index contributed by atoms with van der Waals surface area (Å²) in [5.41, 5.74) is 0.787. The number of piperidine rings is 1. The number of nitrogens with zero attached hydrogens (tertiary/aromatic N) is 4. The van der Waals surface area contributed by atoms with Crippen LogP contribution < -0.4 is 0 Å². The zero-order valence-electron chi connectivity index (χ0n) is 13.1. The first-order chi connectivity index (χ1) is 10.5. The standard InChI is InChI=1S/C16H22N4O2/c1-19(2)8-12-5-13(11-21)10-20(9-12)16(22)14-3-4-15(6-17)18-7-14/h3-4,7,12-13,21H,5,8-11H2,1-2H3/t12-,13-/m1/s1. The van der Waals surface area contributed by atoms with Crippen LogP contribution in [0.15, 0.2) is 18.3 Å². The Kier molecular flexibility index (Phi) is 5.47. The van der Waals surface area contributed by atoms with Gasteiger partial charge < -0.3 is 14.9 Å². The van der Waals surface area contributed by atoms with E-state index in [4.69, 9.17) is 5.26 Å². The fourth-order valence-corrected chi connectivity index (χ4v) is 3.03. The lowest BCUT2D eigenvalue weighted by Gasteiger charge is -2.38. The van der Waals surface area contributed by atoms with Gasteiger partial charge in [-0.3, -0.25) is 4.79 Å². The highest BCUT2D eigenvalue weighted by Gasteiger charge is 2.30. The van der Waals surface area contributed by atoms with Gasteiger partial charge in [-0.2, -0.15) is 5.26 Å². The summed E-state index contributed by atoms with van der Waals surface area (Å²) >= 11 is 0. The van der Waals surface area contributed by atoms with Crippen molar-refractivity contribution in [3.63, 3.8) is 0 Å². The molecule has 1 fully saturated rings. The molecule has 0 aliphatic carbocycles. The molecule has 1 aliphatic heterocycles. The summed E-state index contributed by atoms with van der Waals surface area (Å²) < 4.78 is 0. The number of rotatable bonds is 4. The van der Waals surface area contributed by atoms with Crippen molar-refractivity contribution in [3.05, 3.63) is 29.6 Å². The van der Waals surface area contributed by atoms with Crippen LogP contribution in [0.4, 0.5) is 0 Å². The van der Waals surface area contributed by atoms with Crippen molar-refractivity contribution < 1.29 is 9.90 Å². The zero-order chi connectivity index (χ0) is 16.1. The fourth-order valence-electron chi connectivity index (χ4n) is 3.03. The van der Waals surface area contributed by atoms with Gasteiger partial charge in [0.05, 0.1) is 5.56 Å². The largest absolute Gasteiger partial charge is 0.396 e. The molecule has 6 nitrogen and oxygen atoms in total. The van der Waals surface area contributed by atoms with Crippen molar-refractivity contribution in [2.75, 3.05) is 40.3 Å². The number of hydrogen-bond acceptors (Lipinski definition) is 5. The smallest absolute Gasteiger partial charge is 0.255 e. The lowest BCUT2D eigenvalue weighted by Crippen LogP contribution is -2.47. The molecule has 1 amide bonds. The van der Waals surface area contributed by atoms with Crippen LogP contribution in [0.5, 0.6) is 0 Å². The molecule has 0 spiro atoms. The summed E-state index contributed by atoms with van der Waals surface area (Å²) in [4.78, 5) is 20.5. The number of aromatic nitrogens is 1. The van der Waals surface area contributed by atoms with Crippen LogP contribution >= 0.6 is 0 Å². The molecule has 0 radical (unpaired) electrons. The minimum Gasteiger partial charge on any atom is -0.396 e. The Bertz CT molecular complexity index is 550. The molecule has 2 atom stereocenters. The van der Waals surface area contributed by atoms with Crippen LogP contribution in [0.3, 0.4) is 0 Å². The van der Waals surface area contributed by atoms with E-state index < -0.39 is 0 Å². The Labute approximate surface area is 131 Å². The molecule has 0 saturated carbocycles. The summed E-state index contributed by atoms with van der Waals surface area (Å²) in [6.45, 7) is 2.25. The van der Waals surface area contributed by atoms with E-state index in [0.29, 0.717) is 30.3 Å². The van der Waals surface area contributed by atoms with Crippen LogP contribution in [0.25, 0.3) is 0 Å². The monoisotopic (exact) mass is 302 g/mol. The van der Waals surface area contributed by atoms with Gasteiger partial charge in [0.15, 0.2) is 0 Å². The van der Waals surface area contributed by atoms with E-state index in [2.05, 4.69) is 9.88 Å². The minimum atomic E-state index is -0.0844. The molecule has 1 saturated heterocycles. The topological polar surface area (TPSA) is 80.5 Å². The van der Waals surface area contributed by atoms with Crippen molar-refractivity contribution in [2.24, 2.45) is 11.8 Å². The van der Waals surface area contributed by atoms with Gasteiger partial charge in [-0.15, -0.1) is 0 Å². The van der Waals surface area contributed by atoms with Gasteiger partial charge in [0.1, 0.15) is 11.8 Å². The highest BCUT2D eigenvalue weighted by atomic mass is 16.3. The summed E-state index contributed by atoms with van der Waals surface area (Å²) in [5.74, 6) is 0.393. The van der Waals surface area contributed by atoms with Crippen LogP contribution in [0.1, 0.15) is 22.5 Å². The maximum Gasteiger partial charge on any atom is 0.255 e. The lowest BCUT2D eigenvalue weighted by molar-refractivity contribution is 0.0477. The second-order valence-electron chi connectivity index (χ2n) is 6.17. The predicted octanol–water partition coefficient (Wildman–Crippen LogP) is 0.585. The van der Waals surface area contributed by atoms with Crippen LogP contribution in [-0.2, 0) is 0 Å². The fraction of sp³-hybridized carbons (Fsp3) is 0.562. The number of likely N-dealkylation sites (tertiary alicyclic amines) is 1. The Morgan fingerprint density at radius 3 is 2.73 bits per heavy atom. The number of hydrogen-bond donors (Lipinski definition) is 1. The maximum atomic E-state index is 12.6. The van der Waals surface area contributed by atoms with Gasteiger partial charge in [0, 0.05) is 32.4 Å². The third-order valence-corrected chi connectivity index (χ3v) is 3.92. The molecular weight excluding hydrogens is 280 g/mol. The number of carbonyl (C=O) groups excluding carboxylic acids is 1. The SMILES string of the molecule is CN(C)C[C@H]1C[C@@H](CO)CN(C(=O)c2ccc(C#N)nc2)C1. The highest BCUT2D eigenvalue weighted by molar-refractivity contribution is 5.94. The molecule has 1 N–H and O–H groups in total. The van der Waals surface area contributed by atoms with Gasteiger partial charge in [0.2, 0.25) is 0 Å². The van der Waals surface area contributed by atoms with E-state index in [9.17, 15) is 9.90 Å². The van der Waals surface area contributed by atoms with E-state index in [1.54, 1.807) is 17.0 Å². The molecule has 2 heterocycles. The first-order valence-corrected chi connectivity index (χ1v) is 7.44. The van der Waals surface area contributed by atoms with E-state index in [-0.39, 0.29) is 18.4 Å². The number of amides is 1. The second-order valence-corrected chi connectivity index (χ2v) is 6.17. The first-order valence-electron chi connectivity index (χ1n) is 7.44. The number of carbonyl (C=O) groups is 1. The molecule has 6 heteroatoms. The van der Waals surface area contributed by atoms with Gasteiger partial charge in [-0.05, 0) is 44.5 Å². The third kappa shape index (κ3) is 4.03. The summed E-state index contributed by atoms with van der Waals surface area (Å²) in [7, 11) is 4.03. The lowest BCUT2D eigenvalue weighted by atomic mass is 9.89. The van der Waals surface area contributed by atoms with Gasteiger partial charge in [-0.25, -0.2) is 4.98 Å². The molecule has 0 unspecified atom stereocenters. The van der Waals surface area contributed by atoms with Gasteiger partial charge >= 0.3 is 0 Å². The second kappa shape index (κ2) is 7.34. The Morgan fingerprint density at radius 2 is 2.18 bits per heavy atom.